The van der Waals surface area contributed by atoms with E-state index in [0.29, 0.717) is 0 Å². The molecule has 1 aromatic rings. The molecular formula is C17H27N. The summed E-state index contributed by atoms with van der Waals surface area (Å²) in [5.41, 5.74) is 2.84. The third kappa shape index (κ3) is 3.76. The first-order chi connectivity index (χ1) is 8.79. The van der Waals surface area contributed by atoms with Crippen molar-refractivity contribution in [3.63, 3.8) is 0 Å². The average Bonchev–Trinajstić information content (AvgIpc) is 2.40. The van der Waals surface area contributed by atoms with E-state index < -0.39 is 0 Å². The van der Waals surface area contributed by atoms with Crippen molar-refractivity contribution in [3.8, 4) is 0 Å². The van der Waals surface area contributed by atoms with Gasteiger partial charge in [-0.05, 0) is 42.7 Å². The molecule has 0 radical (unpaired) electrons. The van der Waals surface area contributed by atoms with Crippen molar-refractivity contribution in [2.45, 2.75) is 52.4 Å². The van der Waals surface area contributed by atoms with Crippen LogP contribution >= 0.6 is 0 Å². The fourth-order valence-electron chi connectivity index (χ4n) is 2.97. The van der Waals surface area contributed by atoms with Crippen LogP contribution in [0, 0.1) is 11.8 Å². The van der Waals surface area contributed by atoms with Gasteiger partial charge in [-0.3, -0.25) is 0 Å². The molecule has 0 bridgehead atoms. The first-order valence-electron chi connectivity index (χ1n) is 7.61. The molecule has 0 aliphatic heterocycles. The summed E-state index contributed by atoms with van der Waals surface area (Å²) < 4.78 is 0. The first-order valence-corrected chi connectivity index (χ1v) is 7.61. The summed E-state index contributed by atoms with van der Waals surface area (Å²) >= 11 is 0. The largest absolute Gasteiger partial charge is 0.385 e. The van der Waals surface area contributed by atoms with Crippen LogP contribution in [0.1, 0.15) is 51.5 Å². The van der Waals surface area contributed by atoms with Crippen LogP contribution in [0.2, 0.25) is 0 Å². The van der Waals surface area contributed by atoms with Crippen LogP contribution in [0.15, 0.2) is 24.3 Å². The zero-order chi connectivity index (χ0) is 12.8. The van der Waals surface area contributed by atoms with Crippen molar-refractivity contribution in [2.24, 2.45) is 11.8 Å². The van der Waals surface area contributed by atoms with Gasteiger partial charge in [-0.25, -0.2) is 0 Å². The summed E-state index contributed by atoms with van der Waals surface area (Å²) in [5.74, 6) is 1.84. The van der Waals surface area contributed by atoms with Gasteiger partial charge in [0.15, 0.2) is 0 Å². The molecule has 0 saturated heterocycles. The summed E-state index contributed by atoms with van der Waals surface area (Å²) in [4.78, 5) is 0. The minimum absolute atomic E-state index is 0.885. The summed E-state index contributed by atoms with van der Waals surface area (Å²) in [6, 6.07) is 8.79. The van der Waals surface area contributed by atoms with Crippen molar-refractivity contribution in [3.05, 3.63) is 29.8 Å². The standard InChI is InChI=1S/C17H27N/c1-3-6-16-7-4-5-8-17(16)18-13-15-11-9-14(2)10-12-15/h4-5,7-8,14-15,18H,3,6,9-13H2,1-2H3. The predicted molar refractivity (Wildman–Crippen MR) is 80.0 cm³/mol. The van der Waals surface area contributed by atoms with Crippen LogP contribution in [0.4, 0.5) is 5.69 Å². The summed E-state index contributed by atoms with van der Waals surface area (Å²) in [6.07, 6.45) is 8.06. The van der Waals surface area contributed by atoms with Gasteiger partial charge in [0.2, 0.25) is 0 Å². The number of para-hydroxylation sites is 1. The molecule has 1 heteroatoms. The maximum Gasteiger partial charge on any atom is 0.0372 e. The van der Waals surface area contributed by atoms with Gasteiger partial charge in [-0.1, -0.05) is 51.3 Å². The molecule has 0 unspecified atom stereocenters. The van der Waals surface area contributed by atoms with E-state index in [1.165, 1.54) is 49.8 Å². The Hall–Kier alpha value is -0.980. The minimum Gasteiger partial charge on any atom is -0.385 e. The highest BCUT2D eigenvalue weighted by Crippen LogP contribution is 2.28. The lowest BCUT2D eigenvalue weighted by atomic mass is 9.83. The Labute approximate surface area is 112 Å². The van der Waals surface area contributed by atoms with Gasteiger partial charge < -0.3 is 5.32 Å². The van der Waals surface area contributed by atoms with Crippen LogP contribution < -0.4 is 5.32 Å². The Morgan fingerprint density at radius 2 is 1.83 bits per heavy atom. The van der Waals surface area contributed by atoms with E-state index >= 15 is 0 Å². The SMILES string of the molecule is CCCc1ccccc1NCC1CCC(C)CC1. The second-order valence-electron chi connectivity index (χ2n) is 5.91. The molecule has 0 atom stereocenters. The van der Waals surface area contributed by atoms with E-state index in [1.54, 1.807) is 0 Å². The molecule has 0 aromatic heterocycles. The topological polar surface area (TPSA) is 12.0 Å². The Morgan fingerprint density at radius 1 is 1.11 bits per heavy atom. The van der Waals surface area contributed by atoms with Gasteiger partial charge in [0.1, 0.15) is 0 Å². The summed E-state index contributed by atoms with van der Waals surface area (Å²) in [6.45, 7) is 5.80. The van der Waals surface area contributed by atoms with Gasteiger partial charge >= 0.3 is 0 Å². The highest BCUT2D eigenvalue weighted by molar-refractivity contribution is 5.51. The van der Waals surface area contributed by atoms with E-state index in [4.69, 9.17) is 0 Å². The lowest BCUT2D eigenvalue weighted by molar-refractivity contribution is 0.300. The zero-order valence-corrected chi connectivity index (χ0v) is 11.9. The summed E-state index contributed by atoms with van der Waals surface area (Å²) in [7, 11) is 0. The Kier molecular flexibility index (Phi) is 5.10. The monoisotopic (exact) mass is 245 g/mol. The Morgan fingerprint density at radius 3 is 2.56 bits per heavy atom. The number of rotatable bonds is 5. The predicted octanol–water partition coefficient (Wildman–Crippen LogP) is 4.88. The van der Waals surface area contributed by atoms with Gasteiger partial charge in [0.25, 0.3) is 0 Å². The number of hydrogen-bond acceptors (Lipinski definition) is 1. The third-order valence-electron chi connectivity index (χ3n) is 4.25. The maximum absolute atomic E-state index is 3.68. The molecule has 0 amide bonds. The number of benzene rings is 1. The lowest BCUT2D eigenvalue weighted by Crippen LogP contribution is -2.20. The van der Waals surface area contributed by atoms with Gasteiger partial charge in [0, 0.05) is 12.2 Å². The second-order valence-corrected chi connectivity index (χ2v) is 5.91. The molecule has 1 nitrogen and oxygen atoms in total. The maximum atomic E-state index is 3.68. The van der Waals surface area contributed by atoms with Crippen LogP contribution in [-0.2, 0) is 6.42 Å². The normalized spacial score (nSPS) is 23.9. The number of nitrogens with one attached hydrogen (secondary N) is 1. The molecule has 0 heterocycles. The van der Waals surface area contributed by atoms with Gasteiger partial charge in [0.05, 0.1) is 0 Å². The highest BCUT2D eigenvalue weighted by Gasteiger charge is 2.17. The molecule has 1 N–H and O–H groups in total. The van der Waals surface area contributed by atoms with E-state index in [0.717, 1.165) is 18.4 Å². The zero-order valence-electron chi connectivity index (χ0n) is 11.9. The molecule has 1 aliphatic rings. The molecular weight excluding hydrogens is 218 g/mol. The molecule has 1 aliphatic carbocycles. The molecule has 100 valence electrons. The molecule has 1 saturated carbocycles. The minimum atomic E-state index is 0.885. The van der Waals surface area contributed by atoms with Crippen molar-refractivity contribution >= 4 is 5.69 Å². The Bertz CT molecular complexity index is 350. The summed E-state index contributed by atoms with van der Waals surface area (Å²) in [5, 5.41) is 3.68. The molecule has 0 spiro atoms. The van der Waals surface area contributed by atoms with Crippen molar-refractivity contribution in [1.82, 2.24) is 0 Å². The number of anilines is 1. The fourth-order valence-corrected chi connectivity index (χ4v) is 2.97. The average molecular weight is 245 g/mol. The van der Waals surface area contributed by atoms with E-state index in [2.05, 4.69) is 43.4 Å². The highest BCUT2D eigenvalue weighted by atomic mass is 14.9. The number of aryl methyl sites for hydroxylation is 1. The van der Waals surface area contributed by atoms with Crippen LogP contribution in [0.5, 0.6) is 0 Å². The molecule has 1 fully saturated rings. The quantitative estimate of drug-likeness (QED) is 0.779. The molecule has 1 aromatic carbocycles. The van der Waals surface area contributed by atoms with Crippen molar-refractivity contribution < 1.29 is 0 Å². The van der Waals surface area contributed by atoms with Crippen molar-refractivity contribution in [2.75, 3.05) is 11.9 Å². The molecule has 18 heavy (non-hydrogen) atoms. The fraction of sp³-hybridized carbons (Fsp3) is 0.647. The van der Waals surface area contributed by atoms with Gasteiger partial charge in [-0.15, -0.1) is 0 Å². The van der Waals surface area contributed by atoms with Crippen LogP contribution in [0.25, 0.3) is 0 Å². The van der Waals surface area contributed by atoms with E-state index in [1.807, 2.05) is 0 Å². The first kappa shape index (κ1) is 13.5. The molecule has 2 rings (SSSR count). The van der Waals surface area contributed by atoms with Crippen LogP contribution in [-0.4, -0.2) is 6.54 Å². The Balaban J connectivity index is 1.86. The second kappa shape index (κ2) is 6.82. The van der Waals surface area contributed by atoms with Crippen molar-refractivity contribution in [1.29, 1.82) is 0 Å². The lowest BCUT2D eigenvalue weighted by Gasteiger charge is -2.27. The number of hydrogen-bond donors (Lipinski definition) is 1. The third-order valence-corrected chi connectivity index (χ3v) is 4.25. The van der Waals surface area contributed by atoms with Crippen LogP contribution in [0.3, 0.4) is 0 Å². The van der Waals surface area contributed by atoms with E-state index in [9.17, 15) is 0 Å². The van der Waals surface area contributed by atoms with E-state index in [-0.39, 0.29) is 0 Å². The van der Waals surface area contributed by atoms with Gasteiger partial charge in [-0.2, -0.15) is 0 Å². The smallest absolute Gasteiger partial charge is 0.0372 e.